The lowest BCUT2D eigenvalue weighted by Crippen LogP contribution is -2.49. The predicted molar refractivity (Wildman–Crippen MR) is 119 cm³/mol. The number of amides is 2. The number of nitrogens with two attached hydrogens (primary N) is 1. The molecule has 28 heavy (non-hydrogen) atoms. The van der Waals surface area contributed by atoms with Crippen LogP contribution < -0.4 is 16.0 Å². The van der Waals surface area contributed by atoms with E-state index in [4.69, 9.17) is 5.73 Å². The van der Waals surface area contributed by atoms with E-state index in [2.05, 4.69) is 22.3 Å². The lowest BCUT2D eigenvalue weighted by atomic mass is 9.87. The number of para-hydroxylation sites is 1. The topological polar surface area (TPSA) is 78.7 Å². The van der Waals surface area contributed by atoms with E-state index in [9.17, 15) is 9.59 Å². The molecule has 0 aliphatic carbocycles. The predicted octanol–water partition coefficient (Wildman–Crippen LogP) is 2.45. The average Bonchev–Trinajstić information content (AvgIpc) is 2.64. The van der Waals surface area contributed by atoms with E-state index < -0.39 is 6.04 Å². The van der Waals surface area contributed by atoms with E-state index in [1.165, 1.54) is 5.69 Å². The summed E-state index contributed by atoms with van der Waals surface area (Å²) in [4.78, 5) is 28.5. The normalized spacial score (nSPS) is 15.1. The van der Waals surface area contributed by atoms with Gasteiger partial charge in [0.2, 0.25) is 11.8 Å². The highest BCUT2D eigenvalue weighted by molar-refractivity contribution is 5.85. The molecule has 1 aromatic carbocycles. The third-order valence-electron chi connectivity index (χ3n) is 4.84. The number of carbonyl (C=O) groups is 2. The molecule has 1 heterocycles. The van der Waals surface area contributed by atoms with E-state index >= 15 is 0 Å². The van der Waals surface area contributed by atoms with Crippen molar-refractivity contribution in [2.24, 2.45) is 11.1 Å². The summed E-state index contributed by atoms with van der Waals surface area (Å²) in [6, 6.07) is 9.74. The Bertz CT molecular complexity index is 600. The Labute approximate surface area is 181 Å². The first-order valence-electron chi connectivity index (χ1n) is 9.40. The van der Waals surface area contributed by atoms with E-state index in [0.717, 1.165) is 26.2 Å². The molecule has 2 amide bonds. The zero-order chi connectivity index (χ0) is 19.2. The van der Waals surface area contributed by atoms with Crippen molar-refractivity contribution in [3.8, 4) is 0 Å². The van der Waals surface area contributed by atoms with Crippen molar-refractivity contribution in [2.45, 2.75) is 39.7 Å². The minimum absolute atomic E-state index is 0. The van der Waals surface area contributed by atoms with Crippen LogP contribution in [0.3, 0.4) is 0 Å². The van der Waals surface area contributed by atoms with Gasteiger partial charge in [-0.15, -0.1) is 24.8 Å². The Morgan fingerprint density at radius 2 is 1.64 bits per heavy atom. The van der Waals surface area contributed by atoms with E-state index in [-0.39, 0.29) is 42.0 Å². The van der Waals surface area contributed by atoms with E-state index in [1.54, 1.807) is 0 Å². The molecule has 0 saturated carbocycles. The second kappa shape index (κ2) is 12.1. The van der Waals surface area contributed by atoms with E-state index in [0.29, 0.717) is 19.4 Å². The minimum Gasteiger partial charge on any atom is -0.368 e. The van der Waals surface area contributed by atoms with E-state index in [1.807, 2.05) is 43.9 Å². The molecule has 0 spiro atoms. The molecule has 1 saturated heterocycles. The third-order valence-corrected chi connectivity index (χ3v) is 4.84. The van der Waals surface area contributed by atoms with Crippen LogP contribution in [0.25, 0.3) is 0 Å². The second-order valence-electron chi connectivity index (χ2n) is 7.94. The van der Waals surface area contributed by atoms with Crippen molar-refractivity contribution in [1.82, 2.24) is 10.2 Å². The summed E-state index contributed by atoms with van der Waals surface area (Å²) in [5, 5.41) is 2.83. The van der Waals surface area contributed by atoms with Crippen molar-refractivity contribution < 1.29 is 9.59 Å². The minimum atomic E-state index is -0.538. The van der Waals surface area contributed by atoms with Crippen molar-refractivity contribution in [3.63, 3.8) is 0 Å². The quantitative estimate of drug-likeness (QED) is 0.676. The summed E-state index contributed by atoms with van der Waals surface area (Å²) in [7, 11) is 0. The molecule has 1 atom stereocenters. The van der Waals surface area contributed by atoms with Gasteiger partial charge in [-0.05, 0) is 24.0 Å². The van der Waals surface area contributed by atoms with Gasteiger partial charge in [-0.2, -0.15) is 0 Å². The van der Waals surface area contributed by atoms with Gasteiger partial charge in [-0.1, -0.05) is 39.0 Å². The molecule has 0 aromatic heterocycles. The highest BCUT2D eigenvalue weighted by Crippen LogP contribution is 2.17. The first-order valence-corrected chi connectivity index (χ1v) is 9.40. The number of hydrogen-bond donors (Lipinski definition) is 2. The number of nitrogens with zero attached hydrogens (tertiary/aromatic N) is 2. The molecule has 0 bridgehead atoms. The standard InChI is InChI=1S/C20H32N4O2.2ClH/c1-20(2,3)18(21)19(26)22-11-7-10-17(25)24-14-12-23(13-15-24)16-8-5-4-6-9-16;;/h4-6,8-9,18H,7,10-15,21H2,1-3H3,(H,22,26);2*1H/t18-;;/m1../s1. The zero-order valence-electron chi connectivity index (χ0n) is 17.0. The van der Waals surface area contributed by atoms with Crippen molar-refractivity contribution in [1.29, 1.82) is 0 Å². The highest BCUT2D eigenvalue weighted by atomic mass is 35.5. The molecule has 1 fully saturated rings. The SMILES string of the molecule is CC(C)(C)[C@H](N)C(=O)NCCCC(=O)N1CCN(c2ccccc2)CC1.Cl.Cl. The summed E-state index contributed by atoms with van der Waals surface area (Å²) < 4.78 is 0. The number of halogens is 2. The Kier molecular flexibility index (Phi) is 11.5. The van der Waals surface area contributed by atoms with Crippen LogP contribution >= 0.6 is 24.8 Å². The number of benzene rings is 1. The second-order valence-corrected chi connectivity index (χ2v) is 7.94. The van der Waals surface area contributed by atoms with Crippen LogP contribution in [0.15, 0.2) is 30.3 Å². The Balaban J connectivity index is 0.00000364. The molecule has 1 aliphatic rings. The lowest BCUT2D eigenvalue weighted by molar-refractivity contribution is -0.132. The number of rotatable bonds is 6. The van der Waals surface area contributed by atoms with Gasteiger partial charge in [0.1, 0.15) is 0 Å². The zero-order valence-corrected chi connectivity index (χ0v) is 18.7. The molecule has 0 unspecified atom stereocenters. The molecular formula is C20H34Cl2N4O2. The van der Waals surface area contributed by atoms with Crippen LogP contribution in [0.1, 0.15) is 33.6 Å². The highest BCUT2D eigenvalue weighted by Gasteiger charge is 2.27. The molecule has 3 N–H and O–H groups in total. The molecular weight excluding hydrogens is 399 g/mol. The molecule has 8 heteroatoms. The number of carbonyl (C=O) groups excluding carboxylic acids is 2. The third kappa shape index (κ3) is 7.86. The Morgan fingerprint density at radius 1 is 1.07 bits per heavy atom. The van der Waals surface area contributed by atoms with Gasteiger partial charge in [-0.25, -0.2) is 0 Å². The summed E-state index contributed by atoms with van der Waals surface area (Å²) >= 11 is 0. The molecule has 6 nitrogen and oxygen atoms in total. The maximum Gasteiger partial charge on any atom is 0.237 e. The number of piperazine rings is 1. The van der Waals surface area contributed by atoms with Crippen LogP contribution in [0.5, 0.6) is 0 Å². The van der Waals surface area contributed by atoms with Crippen LogP contribution in [-0.4, -0.2) is 55.5 Å². The Morgan fingerprint density at radius 3 is 2.18 bits per heavy atom. The summed E-state index contributed by atoms with van der Waals surface area (Å²) in [6.45, 7) is 9.50. The van der Waals surface area contributed by atoms with Crippen molar-refractivity contribution in [2.75, 3.05) is 37.6 Å². The largest absolute Gasteiger partial charge is 0.368 e. The first kappa shape index (κ1) is 26.5. The monoisotopic (exact) mass is 432 g/mol. The fourth-order valence-electron chi connectivity index (χ4n) is 2.97. The summed E-state index contributed by atoms with van der Waals surface area (Å²) in [5.74, 6) is 0.00787. The fourth-order valence-corrected chi connectivity index (χ4v) is 2.97. The molecule has 2 rings (SSSR count). The van der Waals surface area contributed by atoms with Crippen molar-refractivity contribution in [3.05, 3.63) is 30.3 Å². The molecule has 160 valence electrons. The molecule has 0 radical (unpaired) electrons. The van der Waals surface area contributed by atoms with Crippen LogP contribution in [-0.2, 0) is 9.59 Å². The van der Waals surface area contributed by atoms with Gasteiger partial charge >= 0.3 is 0 Å². The van der Waals surface area contributed by atoms with Gasteiger partial charge in [0.15, 0.2) is 0 Å². The van der Waals surface area contributed by atoms with Crippen LogP contribution in [0.4, 0.5) is 5.69 Å². The smallest absolute Gasteiger partial charge is 0.237 e. The maximum absolute atomic E-state index is 12.3. The van der Waals surface area contributed by atoms with Gasteiger partial charge in [0.25, 0.3) is 0 Å². The maximum atomic E-state index is 12.3. The Hall–Kier alpha value is -1.50. The average molecular weight is 433 g/mol. The number of nitrogens with one attached hydrogen (secondary N) is 1. The lowest BCUT2D eigenvalue weighted by Gasteiger charge is -2.36. The summed E-state index contributed by atoms with van der Waals surface area (Å²) in [5.41, 5.74) is 6.86. The first-order chi connectivity index (χ1) is 12.3. The van der Waals surface area contributed by atoms with Gasteiger partial charge in [0.05, 0.1) is 6.04 Å². The fraction of sp³-hybridized carbons (Fsp3) is 0.600. The summed E-state index contributed by atoms with van der Waals surface area (Å²) in [6.07, 6.45) is 1.09. The van der Waals surface area contributed by atoms with Crippen LogP contribution in [0.2, 0.25) is 0 Å². The number of hydrogen-bond acceptors (Lipinski definition) is 4. The van der Waals surface area contributed by atoms with Crippen LogP contribution in [0, 0.1) is 5.41 Å². The van der Waals surface area contributed by atoms with Crippen molar-refractivity contribution >= 4 is 42.3 Å². The van der Waals surface area contributed by atoms with Gasteiger partial charge in [0, 0.05) is 44.8 Å². The van der Waals surface area contributed by atoms with Gasteiger partial charge < -0.3 is 20.9 Å². The molecule has 1 aliphatic heterocycles. The molecule has 1 aromatic rings. The van der Waals surface area contributed by atoms with Gasteiger partial charge in [-0.3, -0.25) is 9.59 Å². The number of anilines is 1.